The zero-order valence-corrected chi connectivity index (χ0v) is 9.49. The van der Waals surface area contributed by atoms with Crippen LogP contribution in [0.2, 0.25) is 5.15 Å². The zero-order valence-electron chi connectivity index (χ0n) is 8.74. The normalized spacial score (nSPS) is 10.4. The average Bonchev–Trinajstić information content (AvgIpc) is 2.29. The van der Waals surface area contributed by atoms with Crippen LogP contribution in [0.5, 0.6) is 5.75 Å². The Morgan fingerprint density at radius 1 is 1.44 bits per heavy atom. The third kappa shape index (κ3) is 1.99. The summed E-state index contributed by atoms with van der Waals surface area (Å²) >= 11 is 5.83. The van der Waals surface area contributed by atoms with E-state index in [0.717, 1.165) is 16.7 Å². The minimum Gasteiger partial charge on any atom is -0.494 e. The molecule has 0 aliphatic heterocycles. The smallest absolute Gasteiger partial charge is 0.153 e. The molecule has 0 fully saturated rings. The molecule has 4 heteroatoms. The standard InChI is InChI=1S/C12H10ClNO2/c1-2-16-10-3-4-11-8(6-10)5-9(7-15)12(13)14-11/h3-7H,2H2,1H3. The van der Waals surface area contributed by atoms with Crippen molar-refractivity contribution in [2.24, 2.45) is 0 Å². The Morgan fingerprint density at radius 3 is 2.94 bits per heavy atom. The van der Waals surface area contributed by atoms with Gasteiger partial charge in [0.1, 0.15) is 10.9 Å². The van der Waals surface area contributed by atoms with Gasteiger partial charge in [-0.3, -0.25) is 4.79 Å². The molecular weight excluding hydrogens is 226 g/mol. The lowest BCUT2D eigenvalue weighted by molar-refractivity contribution is 0.112. The van der Waals surface area contributed by atoms with E-state index in [9.17, 15) is 4.79 Å². The van der Waals surface area contributed by atoms with Crippen molar-refractivity contribution in [3.8, 4) is 5.75 Å². The van der Waals surface area contributed by atoms with Gasteiger partial charge in [0.05, 0.1) is 17.7 Å². The molecule has 0 radical (unpaired) electrons. The summed E-state index contributed by atoms with van der Waals surface area (Å²) in [7, 11) is 0. The summed E-state index contributed by atoms with van der Waals surface area (Å²) in [6, 6.07) is 7.20. The van der Waals surface area contributed by atoms with Crippen molar-refractivity contribution in [2.45, 2.75) is 6.92 Å². The van der Waals surface area contributed by atoms with Crippen LogP contribution in [0.4, 0.5) is 0 Å². The molecule has 0 spiro atoms. The molecule has 0 bridgehead atoms. The van der Waals surface area contributed by atoms with Crippen molar-refractivity contribution in [1.82, 2.24) is 4.98 Å². The van der Waals surface area contributed by atoms with Gasteiger partial charge >= 0.3 is 0 Å². The van der Waals surface area contributed by atoms with Gasteiger partial charge in [-0.25, -0.2) is 4.98 Å². The molecule has 2 rings (SSSR count). The first-order valence-corrected chi connectivity index (χ1v) is 5.30. The first-order chi connectivity index (χ1) is 7.74. The number of carbonyl (C=O) groups excluding carboxylic acids is 1. The Morgan fingerprint density at radius 2 is 2.25 bits per heavy atom. The number of pyridine rings is 1. The van der Waals surface area contributed by atoms with E-state index < -0.39 is 0 Å². The van der Waals surface area contributed by atoms with Crippen molar-refractivity contribution >= 4 is 28.8 Å². The van der Waals surface area contributed by atoms with Gasteiger partial charge in [0.2, 0.25) is 0 Å². The number of benzene rings is 1. The van der Waals surface area contributed by atoms with Crippen LogP contribution in [0.25, 0.3) is 10.9 Å². The third-order valence-corrected chi connectivity index (χ3v) is 2.51. The van der Waals surface area contributed by atoms with Gasteiger partial charge in [-0.15, -0.1) is 0 Å². The van der Waals surface area contributed by atoms with Gasteiger partial charge in [0.15, 0.2) is 6.29 Å². The molecule has 1 aromatic heterocycles. The summed E-state index contributed by atoms with van der Waals surface area (Å²) in [5.74, 6) is 0.760. The number of aromatic nitrogens is 1. The summed E-state index contributed by atoms with van der Waals surface area (Å²) in [5.41, 5.74) is 1.14. The van der Waals surface area contributed by atoms with Crippen molar-refractivity contribution in [3.05, 3.63) is 35.0 Å². The number of fused-ring (bicyclic) bond motifs is 1. The van der Waals surface area contributed by atoms with Crippen LogP contribution >= 0.6 is 11.6 Å². The van der Waals surface area contributed by atoms with E-state index in [4.69, 9.17) is 16.3 Å². The summed E-state index contributed by atoms with van der Waals surface area (Å²) < 4.78 is 5.37. The summed E-state index contributed by atoms with van der Waals surface area (Å²) in [5, 5.41) is 1.07. The molecule has 0 unspecified atom stereocenters. The maximum atomic E-state index is 10.7. The summed E-state index contributed by atoms with van der Waals surface area (Å²) in [6.45, 7) is 2.52. The molecule has 0 saturated heterocycles. The molecule has 3 nitrogen and oxygen atoms in total. The number of nitrogens with zero attached hydrogens (tertiary/aromatic N) is 1. The molecule has 0 N–H and O–H groups in total. The van der Waals surface area contributed by atoms with Crippen LogP contribution < -0.4 is 4.74 Å². The fourth-order valence-corrected chi connectivity index (χ4v) is 1.68. The van der Waals surface area contributed by atoms with E-state index in [1.807, 2.05) is 25.1 Å². The highest BCUT2D eigenvalue weighted by atomic mass is 35.5. The van der Waals surface area contributed by atoms with Crippen LogP contribution in [0.15, 0.2) is 24.3 Å². The first-order valence-electron chi connectivity index (χ1n) is 4.93. The Balaban J connectivity index is 2.58. The number of hydrogen-bond acceptors (Lipinski definition) is 3. The van der Waals surface area contributed by atoms with E-state index in [0.29, 0.717) is 18.5 Å². The minimum absolute atomic E-state index is 0.228. The SMILES string of the molecule is CCOc1ccc2nc(Cl)c(C=O)cc2c1. The minimum atomic E-state index is 0.228. The average molecular weight is 236 g/mol. The Bertz CT molecular complexity index is 540. The van der Waals surface area contributed by atoms with E-state index >= 15 is 0 Å². The largest absolute Gasteiger partial charge is 0.494 e. The van der Waals surface area contributed by atoms with E-state index in [-0.39, 0.29) is 5.15 Å². The lowest BCUT2D eigenvalue weighted by atomic mass is 10.1. The van der Waals surface area contributed by atoms with E-state index in [2.05, 4.69) is 4.98 Å². The number of hydrogen-bond donors (Lipinski definition) is 0. The Hall–Kier alpha value is -1.61. The molecule has 0 aliphatic rings. The number of rotatable bonds is 3. The van der Waals surface area contributed by atoms with Crippen molar-refractivity contribution in [1.29, 1.82) is 0 Å². The van der Waals surface area contributed by atoms with Gasteiger partial charge in [-0.05, 0) is 31.2 Å². The number of carbonyl (C=O) groups is 1. The highest BCUT2D eigenvalue weighted by molar-refractivity contribution is 6.32. The molecule has 0 saturated carbocycles. The van der Waals surface area contributed by atoms with Gasteiger partial charge < -0.3 is 4.74 Å². The third-order valence-electron chi connectivity index (χ3n) is 2.20. The molecule has 0 aliphatic carbocycles. The van der Waals surface area contributed by atoms with Crippen LogP contribution in [0.3, 0.4) is 0 Å². The molecular formula is C12H10ClNO2. The fraction of sp³-hybridized carbons (Fsp3) is 0.167. The lowest BCUT2D eigenvalue weighted by Crippen LogP contribution is -1.92. The van der Waals surface area contributed by atoms with Crippen LogP contribution in [-0.2, 0) is 0 Å². The van der Waals surface area contributed by atoms with Gasteiger partial charge in [-0.2, -0.15) is 0 Å². The maximum absolute atomic E-state index is 10.7. The van der Waals surface area contributed by atoms with Crippen molar-refractivity contribution in [3.63, 3.8) is 0 Å². The van der Waals surface area contributed by atoms with E-state index in [1.54, 1.807) is 6.07 Å². The Kier molecular flexibility index (Phi) is 3.06. The molecule has 2 aromatic rings. The quantitative estimate of drug-likeness (QED) is 0.606. The second-order valence-electron chi connectivity index (χ2n) is 3.27. The molecule has 82 valence electrons. The predicted octanol–water partition coefficient (Wildman–Crippen LogP) is 3.10. The fourth-order valence-electron chi connectivity index (χ4n) is 1.49. The van der Waals surface area contributed by atoms with Gasteiger partial charge in [0, 0.05) is 5.39 Å². The number of ether oxygens (including phenoxy) is 1. The highest BCUT2D eigenvalue weighted by Crippen LogP contribution is 2.23. The predicted molar refractivity (Wildman–Crippen MR) is 63.3 cm³/mol. The monoisotopic (exact) mass is 235 g/mol. The van der Waals surface area contributed by atoms with Crippen LogP contribution in [0, 0.1) is 0 Å². The van der Waals surface area contributed by atoms with Crippen LogP contribution in [-0.4, -0.2) is 17.9 Å². The summed E-state index contributed by atoms with van der Waals surface area (Å²) in [4.78, 5) is 14.9. The topological polar surface area (TPSA) is 39.2 Å². The van der Waals surface area contributed by atoms with Gasteiger partial charge in [-0.1, -0.05) is 11.6 Å². The molecule has 0 atom stereocenters. The molecule has 16 heavy (non-hydrogen) atoms. The maximum Gasteiger partial charge on any atom is 0.153 e. The van der Waals surface area contributed by atoms with Gasteiger partial charge in [0.25, 0.3) is 0 Å². The first kappa shape index (κ1) is 10.9. The number of halogens is 1. The second kappa shape index (κ2) is 4.49. The summed E-state index contributed by atoms with van der Waals surface area (Å²) in [6.07, 6.45) is 0.697. The lowest BCUT2D eigenvalue weighted by Gasteiger charge is -2.05. The van der Waals surface area contributed by atoms with Crippen LogP contribution in [0.1, 0.15) is 17.3 Å². The van der Waals surface area contributed by atoms with Crippen molar-refractivity contribution in [2.75, 3.05) is 6.61 Å². The highest BCUT2D eigenvalue weighted by Gasteiger charge is 2.04. The van der Waals surface area contributed by atoms with E-state index in [1.165, 1.54) is 0 Å². The zero-order chi connectivity index (χ0) is 11.5. The van der Waals surface area contributed by atoms with Crippen molar-refractivity contribution < 1.29 is 9.53 Å². The molecule has 1 heterocycles. The molecule has 0 amide bonds. The number of aldehydes is 1. The second-order valence-corrected chi connectivity index (χ2v) is 3.63. The molecule has 1 aromatic carbocycles. The Labute approximate surface area is 98.0 Å².